The number of halogens is 3. The third kappa shape index (κ3) is 3.74. The Morgan fingerprint density at radius 3 is 2.68 bits per heavy atom. The molecule has 1 aliphatic heterocycles. The fourth-order valence-corrected chi connectivity index (χ4v) is 2.93. The Kier molecular flexibility index (Phi) is 5.31. The van der Waals surface area contributed by atoms with E-state index in [0.717, 1.165) is 38.2 Å². The summed E-state index contributed by atoms with van der Waals surface area (Å²) in [4.78, 5) is 2.22. The molecule has 0 aliphatic carbocycles. The van der Waals surface area contributed by atoms with Gasteiger partial charge in [0, 0.05) is 24.8 Å². The summed E-state index contributed by atoms with van der Waals surface area (Å²) in [5, 5.41) is 3.71. The summed E-state index contributed by atoms with van der Waals surface area (Å²) in [7, 11) is 0. The molecule has 2 rings (SSSR count). The topological polar surface area (TPSA) is 15.3 Å². The average molecular weight is 305 g/mol. The zero-order valence-corrected chi connectivity index (χ0v) is 12.6. The molecule has 1 heterocycles. The van der Waals surface area contributed by atoms with Crippen molar-refractivity contribution in [2.45, 2.75) is 32.2 Å². The smallest absolute Gasteiger partial charge is 0.160 e. The molecule has 0 spiro atoms. The summed E-state index contributed by atoms with van der Waals surface area (Å²) in [5.41, 5.74) is 0.902. The molecule has 0 bridgehead atoms. The number of anilines is 1. The van der Waals surface area contributed by atoms with Crippen molar-refractivity contribution in [3.63, 3.8) is 0 Å². The Balaban J connectivity index is 2.08. The number of hydrogen-bond donors (Lipinski definition) is 1. The van der Waals surface area contributed by atoms with Crippen molar-refractivity contribution in [1.29, 1.82) is 0 Å². The van der Waals surface area contributed by atoms with Gasteiger partial charge in [0.15, 0.2) is 5.82 Å². The first kappa shape index (κ1) is 14.9. The molecule has 1 aromatic carbocycles. The van der Waals surface area contributed by atoms with Crippen LogP contribution in [0.1, 0.15) is 26.2 Å². The molecular formula is C14H19Cl2FN2. The molecule has 1 aromatic rings. The molecule has 2 nitrogen and oxygen atoms in total. The van der Waals surface area contributed by atoms with Crippen LogP contribution in [0.3, 0.4) is 0 Å². The molecule has 1 aliphatic rings. The fourth-order valence-electron chi connectivity index (χ4n) is 2.45. The molecule has 0 radical (unpaired) electrons. The summed E-state index contributed by atoms with van der Waals surface area (Å²) in [5.74, 6) is -0.537. The molecular weight excluding hydrogens is 286 g/mol. The van der Waals surface area contributed by atoms with Crippen molar-refractivity contribution < 1.29 is 4.39 Å². The van der Waals surface area contributed by atoms with Crippen LogP contribution in [0.2, 0.25) is 10.0 Å². The van der Waals surface area contributed by atoms with Crippen molar-refractivity contribution in [3.8, 4) is 0 Å². The van der Waals surface area contributed by atoms with Gasteiger partial charge in [0.25, 0.3) is 0 Å². The molecule has 1 fully saturated rings. The van der Waals surface area contributed by atoms with Crippen LogP contribution in [0.15, 0.2) is 12.1 Å². The molecule has 0 saturated carbocycles. The quantitative estimate of drug-likeness (QED) is 0.843. The number of piperidine rings is 1. The monoisotopic (exact) mass is 304 g/mol. The predicted octanol–water partition coefficient (Wildman–Crippen LogP) is 4.10. The van der Waals surface area contributed by atoms with E-state index in [1.807, 2.05) is 0 Å². The zero-order valence-electron chi connectivity index (χ0n) is 11.1. The molecule has 1 saturated heterocycles. The molecule has 106 valence electrons. The van der Waals surface area contributed by atoms with E-state index in [2.05, 4.69) is 17.1 Å². The van der Waals surface area contributed by atoms with E-state index in [1.54, 1.807) is 12.1 Å². The van der Waals surface area contributed by atoms with Crippen LogP contribution in [-0.2, 0) is 0 Å². The minimum absolute atomic E-state index is 0.0890. The van der Waals surface area contributed by atoms with Crippen molar-refractivity contribution in [1.82, 2.24) is 5.32 Å². The fraction of sp³-hybridized carbons (Fsp3) is 0.571. The predicted molar refractivity (Wildman–Crippen MR) is 79.9 cm³/mol. The maximum atomic E-state index is 13.4. The SMILES string of the molecule is CCCNC1CCCN(c2cc(Cl)c(F)c(Cl)c2)C1. The van der Waals surface area contributed by atoms with E-state index in [-0.39, 0.29) is 10.0 Å². The van der Waals surface area contributed by atoms with Gasteiger partial charge in [-0.05, 0) is 37.9 Å². The summed E-state index contributed by atoms with van der Waals surface area (Å²) in [6.07, 6.45) is 3.43. The minimum atomic E-state index is -0.537. The second kappa shape index (κ2) is 6.78. The second-order valence-corrected chi connectivity index (χ2v) is 5.78. The lowest BCUT2D eigenvalue weighted by molar-refractivity contribution is 0.423. The van der Waals surface area contributed by atoms with Crippen LogP contribution < -0.4 is 10.2 Å². The normalized spacial score (nSPS) is 19.8. The van der Waals surface area contributed by atoms with Gasteiger partial charge in [-0.2, -0.15) is 0 Å². The van der Waals surface area contributed by atoms with Crippen LogP contribution in [0, 0.1) is 5.82 Å². The van der Waals surface area contributed by atoms with E-state index in [4.69, 9.17) is 23.2 Å². The van der Waals surface area contributed by atoms with Crippen LogP contribution in [0.25, 0.3) is 0 Å². The molecule has 0 amide bonds. The summed E-state index contributed by atoms with van der Waals surface area (Å²) in [6, 6.07) is 3.80. The van der Waals surface area contributed by atoms with E-state index < -0.39 is 5.82 Å². The highest BCUT2D eigenvalue weighted by Crippen LogP contribution is 2.30. The second-order valence-electron chi connectivity index (χ2n) is 4.96. The number of rotatable bonds is 4. The Hall–Kier alpha value is -0.510. The van der Waals surface area contributed by atoms with Gasteiger partial charge in [-0.3, -0.25) is 0 Å². The lowest BCUT2D eigenvalue weighted by Gasteiger charge is -2.35. The number of benzene rings is 1. The standard InChI is InChI=1S/C14H19Cl2FN2/c1-2-5-18-10-4-3-6-19(9-10)11-7-12(15)14(17)13(16)8-11/h7-8,10,18H,2-6,9H2,1H3. The van der Waals surface area contributed by atoms with Crippen molar-refractivity contribution in [2.75, 3.05) is 24.5 Å². The summed E-state index contributed by atoms with van der Waals surface area (Å²) >= 11 is 11.7. The van der Waals surface area contributed by atoms with Gasteiger partial charge in [-0.25, -0.2) is 4.39 Å². The molecule has 19 heavy (non-hydrogen) atoms. The van der Waals surface area contributed by atoms with Gasteiger partial charge in [0.05, 0.1) is 10.0 Å². The van der Waals surface area contributed by atoms with Crippen LogP contribution >= 0.6 is 23.2 Å². The third-order valence-electron chi connectivity index (χ3n) is 3.44. The zero-order chi connectivity index (χ0) is 13.8. The highest BCUT2D eigenvalue weighted by Gasteiger charge is 2.21. The van der Waals surface area contributed by atoms with Gasteiger partial charge >= 0.3 is 0 Å². The minimum Gasteiger partial charge on any atom is -0.370 e. The lowest BCUT2D eigenvalue weighted by atomic mass is 10.0. The Bertz CT molecular complexity index is 416. The average Bonchev–Trinajstić information content (AvgIpc) is 2.42. The number of nitrogens with zero attached hydrogens (tertiary/aromatic N) is 1. The molecule has 1 N–H and O–H groups in total. The van der Waals surface area contributed by atoms with Gasteiger partial charge in [0.2, 0.25) is 0 Å². The van der Waals surface area contributed by atoms with Crippen LogP contribution in [0.5, 0.6) is 0 Å². The number of hydrogen-bond acceptors (Lipinski definition) is 2. The van der Waals surface area contributed by atoms with E-state index in [9.17, 15) is 4.39 Å². The van der Waals surface area contributed by atoms with Gasteiger partial charge in [-0.15, -0.1) is 0 Å². The lowest BCUT2D eigenvalue weighted by Crippen LogP contribution is -2.46. The first-order valence-electron chi connectivity index (χ1n) is 6.74. The molecule has 1 unspecified atom stereocenters. The first-order valence-corrected chi connectivity index (χ1v) is 7.50. The van der Waals surface area contributed by atoms with E-state index >= 15 is 0 Å². The largest absolute Gasteiger partial charge is 0.370 e. The highest BCUT2D eigenvalue weighted by atomic mass is 35.5. The van der Waals surface area contributed by atoms with Gasteiger partial charge in [0.1, 0.15) is 0 Å². The van der Waals surface area contributed by atoms with Crippen molar-refractivity contribution in [2.24, 2.45) is 0 Å². The molecule has 5 heteroatoms. The number of nitrogens with one attached hydrogen (secondary N) is 1. The molecule has 1 atom stereocenters. The first-order chi connectivity index (χ1) is 9.11. The summed E-state index contributed by atoms with van der Waals surface area (Å²) < 4.78 is 13.4. The van der Waals surface area contributed by atoms with Gasteiger partial charge in [-0.1, -0.05) is 30.1 Å². The van der Waals surface area contributed by atoms with Crippen molar-refractivity contribution >= 4 is 28.9 Å². The third-order valence-corrected chi connectivity index (χ3v) is 3.99. The Morgan fingerprint density at radius 1 is 1.37 bits per heavy atom. The van der Waals surface area contributed by atoms with Crippen molar-refractivity contribution in [3.05, 3.63) is 28.0 Å². The maximum absolute atomic E-state index is 13.4. The maximum Gasteiger partial charge on any atom is 0.160 e. The Labute approximate surface area is 123 Å². The van der Waals surface area contributed by atoms with Crippen LogP contribution in [-0.4, -0.2) is 25.7 Å². The molecule has 0 aromatic heterocycles. The summed E-state index contributed by atoms with van der Waals surface area (Å²) in [6.45, 7) is 5.07. The highest BCUT2D eigenvalue weighted by molar-refractivity contribution is 6.35. The van der Waals surface area contributed by atoms with E-state index in [1.165, 1.54) is 6.42 Å². The van der Waals surface area contributed by atoms with Crippen LogP contribution in [0.4, 0.5) is 10.1 Å². The van der Waals surface area contributed by atoms with Gasteiger partial charge < -0.3 is 10.2 Å². The van der Waals surface area contributed by atoms with E-state index in [0.29, 0.717) is 6.04 Å². The Morgan fingerprint density at radius 2 is 2.05 bits per heavy atom.